The van der Waals surface area contributed by atoms with Crippen molar-refractivity contribution >= 4 is 5.97 Å². The van der Waals surface area contributed by atoms with Crippen molar-refractivity contribution in [2.75, 3.05) is 6.61 Å². The molecule has 8 heteroatoms. The molecule has 0 radical (unpaired) electrons. The highest BCUT2D eigenvalue weighted by Gasteiger charge is 2.69. The molecule has 8 nitrogen and oxygen atoms in total. The van der Waals surface area contributed by atoms with Crippen molar-refractivity contribution in [3.8, 4) is 5.75 Å². The van der Waals surface area contributed by atoms with Gasteiger partial charge in [0.15, 0.2) is 11.9 Å². The Labute approximate surface area is 302 Å². The third-order valence-corrected chi connectivity index (χ3v) is 15.2. The Morgan fingerprint density at radius 1 is 0.941 bits per heavy atom. The summed E-state index contributed by atoms with van der Waals surface area (Å²) < 4.78 is 25.4. The fraction of sp³-hybridized carbons (Fsp3) is 0.698. The summed E-state index contributed by atoms with van der Waals surface area (Å²) >= 11 is 0. The zero-order valence-electron chi connectivity index (χ0n) is 30.8. The van der Waals surface area contributed by atoms with E-state index in [0.29, 0.717) is 36.2 Å². The van der Waals surface area contributed by atoms with E-state index >= 15 is 0 Å². The first kappa shape index (κ1) is 34.3. The first-order valence-electron chi connectivity index (χ1n) is 19.9. The SMILES string of the molecule is C[C@H]1[C@@H](CC(=O)OC[C@H]2C[C@H]3[C@@H]4CCc5cc(OCc6ccccc6)ccc5[C@H]4CC[C@]3(C)[C@H]2O)OC2O[C@]3(C)CC[C@H]4[C@H](C)CC[C@@H]1[C@@]24OO3. The highest BCUT2D eigenvalue weighted by Crippen LogP contribution is 2.63. The smallest absolute Gasteiger partial charge is 0.308 e. The number of hydrogen-bond acceptors (Lipinski definition) is 8. The van der Waals surface area contributed by atoms with Crippen LogP contribution in [0, 0.1) is 46.8 Å². The van der Waals surface area contributed by atoms with Crippen molar-refractivity contribution in [1.29, 1.82) is 0 Å². The zero-order valence-corrected chi connectivity index (χ0v) is 30.8. The maximum Gasteiger partial charge on any atom is 0.308 e. The Morgan fingerprint density at radius 3 is 2.63 bits per heavy atom. The number of rotatable bonds is 7. The van der Waals surface area contributed by atoms with Gasteiger partial charge in [-0.05, 0) is 128 Å². The molecule has 10 rings (SSSR count). The van der Waals surface area contributed by atoms with Crippen LogP contribution in [-0.4, -0.2) is 47.6 Å². The number of carbonyl (C=O) groups excluding carboxylic acids is 1. The highest BCUT2D eigenvalue weighted by atomic mass is 17.3. The van der Waals surface area contributed by atoms with Gasteiger partial charge in [-0.3, -0.25) is 4.79 Å². The maximum atomic E-state index is 13.5. The van der Waals surface area contributed by atoms with E-state index in [9.17, 15) is 9.90 Å². The summed E-state index contributed by atoms with van der Waals surface area (Å²) in [5.41, 5.74) is 3.25. The summed E-state index contributed by atoms with van der Waals surface area (Å²) in [6.07, 6.45) is 7.79. The third kappa shape index (κ3) is 5.60. The largest absolute Gasteiger partial charge is 0.489 e. The molecule has 7 fully saturated rings. The molecular formula is C43H56O8. The third-order valence-electron chi connectivity index (χ3n) is 15.2. The van der Waals surface area contributed by atoms with Crippen LogP contribution < -0.4 is 4.74 Å². The molecule has 3 saturated carbocycles. The van der Waals surface area contributed by atoms with Gasteiger partial charge in [0.1, 0.15) is 12.4 Å². The van der Waals surface area contributed by atoms with Crippen molar-refractivity contribution in [2.45, 2.75) is 134 Å². The topological polar surface area (TPSA) is 92.7 Å². The van der Waals surface area contributed by atoms with Gasteiger partial charge in [0.25, 0.3) is 0 Å². The number of aliphatic hydroxyl groups excluding tert-OH is 1. The number of hydrogen-bond donors (Lipinski definition) is 1. The number of fused-ring (bicyclic) bond motifs is 7. The minimum absolute atomic E-state index is 0.0576. The lowest BCUT2D eigenvalue weighted by atomic mass is 9.55. The Morgan fingerprint density at radius 2 is 1.78 bits per heavy atom. The zero-order chi connectivity index (χ0) is 35.1. The van der Waals surface area contributed by atoms with Crippen molar-refractivity contribution in [1.82, 2.24) is 0 Å². The van der Waals surface area contributed by atoms with Gasteiger partial charge in [-0.2, -0.15) is 0 Å². The Balaban J connectivity index is 0.834. The van der Waals surface area contributed by atoms with E-state index in [-0.39, 0.29) is 48.3 Å². The van der Waals surface area contributed by atoms with Crippen LogP contribution in [0.25, 0.3) is 0 Å². The molecule has 2 aromatic carbocycles. The van der Waals surface area contributed by atoms with Gasteiger partial charge in [-0.25, -0.2) is 9.78 Å². The number of aryl methyl sites for hydroxylation is 1. The first-order valence-corrected chi connectivity index (χ1v) is 19.9. The predicted octanol–water partition coefficient (Wildman–Crippen LogP) is 7.89. The van der Waals surface area contributed by atoms with E-state index in [1.165, 1.54) is 16.7 Å². The van der Waals surface area contributed by atoms with Crippen LogP contribution in [0.1, 0.15) is 108 Å². The number of aliphatic hydroxyl groups is 1. The van der Waals surface area contributed by atoms with E-state index in [0.717, 1.165) is 63.5 Å². The van der Waals surface area contributed by atoms with Crippen LogP contribution in [0.3, 0.4) is 0 Å². The van der Waals surface area contributed by atoms with Crippen molar-refractivity contribution in [2.24, 2.45) is 46.8 Å². The van der Waals surface area contributed by atoms with E-state index in [2.05, 4.69) is 51.1 Å². The molecule has 0 amide bonds. The second kappa shape index (κ2) is 12.8. The van der Waals surface area contributed by atoms with Gasteiger partial charge in [-0.1, -0.05) is 57.2 Å². The monoisotopic (exact) mass is 700 g/mol. The van der Waals surface area contributed by atoms with Gasteiger partial charge >= 0.3 is 5.97 Å². The van der Waals surface area contributed by atoms with Gasteiger partial charge < -0.3 is 24.1 Å². The molecule has 1 unspecified atom stereocenters. The van der Waals surface area contributed by atoms with E-state index < -0.39 is 23.8 Å². The van der Waals surface area contributed by atoms with Crippen LogP contribution in [0.15, 0.2) is 48.5 Å². The Kier molecular flexibility index (Phi) is 8.62. The minimum Gasteiger partial charge on any atom is -0.489 e. The number of benzene rings is 2. The molecule has 8 aliphatic rings. The summed E-state index contributed by atoms with van der Waals surface area (Å²) in [5.74, 6) is 2.27. The molecule has 4 heterocycles. The summed E-state index contributed by atoms with van der Waals surface area (Å²) in [7, 11) is 0. The second-order valence-corrected chi connectivity index (χ2v) is 17.9. The average molecular weight is 701 g/mol. The molecule has 2 aromatic rings. The fourth-order valence-electron chi connectivity index (χ4n) is 12.3. The molecule has 4 aliphatic carbocycles. The van der Waals surface area contributed by atoms with Crippen LogP contribution in [0.5, 0.6) is 5.75 Å². The second-order valence-electron chi connectivity index (χ2n) is 17.9. The summed E-state index contributed by atoms with van der Waals surface area (Å²) in [6.45, 7) is 9.54. The standard InChI is InChI=1S/C43H56O8/c1-25-10-15-35-26(2)37(48-40-43(35)34(25)17-19-42(4,49-40)50-51-43)22-38(44)47-24-29-21-36-33-13-11-28-20-30(46-23-27-8-6-5-7-9-27)12-14-31(28)32(33)16-18-41(36,3)39(29)45/h5-9,12,14,20,25-26,29,32-37,39-40,45H,10-11,13,15-19,21-24H2,1-4H3/t25-,26-,29-,32-,33-,34+,35+,36+,37-,39+,40?,41+,42+,43-/m1/s1. The normalized spacial score (nSPS) is 45.1. The molecule has 276 valence electrons. The van der Waals surface area contributed by atoms with Crippen LogP contribution in [-0.2, 0) is 41.8 Å². The van der Waals surface area contributed by atoms with E-state index in [4.69, 9.17) is 28.7 Å². The van der Waals surface area contributed by atoms with Gasteiger partial charge in [0.2, 0.25) is 5.79 Å². The average Bonchev–Trinajstić information content (AvgIpc) is 3.22. The lowest BCUT2D eigenvalue weighted by Gasteiger charge is -2.60. The van der Waals surface area contributed by atoms with Crippen molar-refractivity contribution in [3.05, 3.63) is 65.2 Å². The van der Waals surface area contributed by atoms with Crippen molar-refractivity contribution in [3.63, 3.8) is 0 Å². The van der Waals surface area contributed by atoms with Crippen LogP contribution >= 0.6 is 0 Å². The molecule has 2 bridgehead atoms. The fourth-order valence-corrected chi connectivity index (χ4v) is 12.3. The molecule has 51 heavy (non-hydrogen) atoms. The molecule has 1 N–H and O–H groups in total. The van der Waals surface area contributed by atoms with Gasteiger partial charge in [-0.15, -0.1) is 0 Å². The lowest BCUT2D eigenvalue weighted by molar-refractivity contribution is -0.571. The maximum absolute atomic E-state index is 13.5. The Hall–Kier alpha value is -2.49. The minimum atomic E-state index is -0.839. The molecule has 1 spiro atoms. The number of ether oxygens (including phenoxy) is 4. The summed E-state index contributed by atoms with van der Waals surface area (Å²) in [5, 5.41) is 11.8. The molecular weight excluding hydrogens is 644 g/mol. The molecule has 4 aliphatic heterocycles. The Bertz CT molecular complexity index is 1610. The van der Waals surface area contributed by atoms with Crippen LogP contribution in [0.4, 0.5) is 0 Å². The lowest BCUT2D eigenvalue weighted by Crippen LogP contribution is -2.70. The predicted molar refractivity (Wildman–Crippen MR) is 189 cm³/mol. The number of carbonyl (C=O) groups is 1. The van der Waals surface area contributed by atoms with Gasteiger partial charge in [0.05, 0.1) is 25.2 Å². The van der Waals surface area contributed by atoms with E-state index in [1.54, 1.807) is 0 Å². The highest BCUT2D eigenvalue weighted by molar-refractivity contribution is 5.70. The van der Waals surface area contributed by atoms with Crippen LogP contribution in [0.2, 0.25) is 0 Å². The summed E-state index contributed by atoms with van der Waals surface area (Å²) in [6, 6.07) is 17.0. The van der Waals surface area contributed by atoms with Crippen molar-refractivity contribution < 1.29 is 38.6 Å². The van der Waals surface area contributed by atoms with Gasteiger partial charge in [0, 0.05) is 18.3 Å². The molecule has 0 aromatic heterocycles. The quantitative estimate of drug-likeness (QED) is 0.230. The van der Waals surface area contributed by atoms with E-state index in [1.807, 2.05) is 25.1 Å². The number of esters is 1. The first-order chi connectivity index (χ1) is 24.6. The molecule has 4 saturated heterocycles. The summed E-state index contributed by atoms with van der Waals surface area (Å²) in [4.78, 5) is 25.8. The molecule has 14 atom stereocenters.